The summed E-state index contributed by atoms with van der Waals surface area (Å²) in [5.41, 5.74) is -2.62. The van der Waals surface area contributed by atoms with Crippen LogP contribution in [0.3, 0.4) is 0 Å². The third-order valence-corrected chi connectivity index (χ3v) is 8.31. The van der Waals surface area contributed by atoms with E-state index in [0.29, 0.717) is 11.4 Å². The van der Waals surface area contributed by atoms with Crippen molar-refractivity contribution in [2.24, 2.45) is 11.0 Å². The second-order valence-electron chi connectivity index (χ2n) is 9.81. The van der Waals surface area contributed by atoms with Crippen LogP contribution >= 0.6 is 23.2 Å². The van der Waals surface area contributed by atoms with Crippen LogP contribution < -0.4 is 5.01 Å². The number of halogens is 2. The van der Waals surface area contributed by atoms with Gasteiger partial charge in [-0.15, -0.1) is 0 Å². The summed E-state index contributed by atoms with van der Waals surface area (Å²) in [5, 5.41) is 35.1. The molecule has 2 aromatic carbocycles. The monoisotopic (exact) mass is 655 g/mol. The maximum Gasteiger partial charge on any atom is 0.352 e. The molecule has 4 rings (SSSR count). The molecule has 1 unspecified atom stereocenters. The van der Waals surface area contributed by atoms with Crippen LogP contribution in [0.5, 0.6) is 0 Å². The number of carbonyl (C=O) groups is 5. The first kappa shape index (κ1) is 33.3. The fourth-order valence-corrected chi connectivity index (χ4v) is 5.51. The molecule has 0 bridgehead atoms. The van der Waals surface area contributed by atoms with Crippen molar-refractivity contribution in [2.75, 3.05) is 11.3 Å². The normalized spacial score (nSPS) is 18.9. The molecule has 0 amide bonds. The lowest BCUT2D eigenvalue weighted by molar-refractivity contribution is -0.385. The number of sulfone groups is 1. The Kier molecular flexibility index (Phi) is 9.73. The van der Waals surface area contributed by atoms with Gasteiger partial charge in [0.2, 0.25) is 0 Å². The van der Waals surface area contributed by atoms with Gasteiger partial charge in [0.25, 0.3) is 5.69 Å². The molecule has 2 aliphatic rings. The number of ketones is 3. The van der Waals surface area contributed by atoms with E-state index in [4.69, 9.17) is 28.3 Å². The van der Waals surface area contributed by atoms with Crippen LogP contribution in [0.1, 0.15) is 43.0 Å². The smallest absolute Gasteiger partial charge is 0.352 e. The fourth-order valence-electron chi connectivity index (χ4n) is 4.38. The maximum atomic E-state index is 12.4. The van der Waals surface area contributed by atoms with E-state index in [1.165, 1.54) is 25.1 Å². The third kappa shape index (κ3) is 7.06. The van der Waals surface area contributed by atoms with Crippen LogP contribution in [0.2, 0.25) is 10.0 Å². The van der Waals surface area contributed by atoms with Crippen molar-refractivity contribution in [1.29, 1.82) is 0 Å². The number of nitrogens with zero attached hydrogens (tertiary/aromatic N) is 3. The molecule has 0 spiro atoms. The molecule has 0 radical (unpaired) electrons. The lowest BCUT2D eigenvalue weighted by atomic mass is 9.81. The van der Waals surface area contributed by atoms with Gasteiger partial charge in [-0.25, -0.2) is 23.0 Å². The number of carboxylic acid groups (broad SMARTS) is 2. The van der Waals surface area contributed by atoms with E-state index in [1.807, 2.05) is 0 Å². The van der Waals surface area contributed by atoms with Gasteiger partial charge in [-0.1, -0.05) is 23.2 Å². The van der Waals surface area contributed by atoms with Gasteiger partial charge in [-0.3, -0.25) is 24.5 Å². The minimum absolute atomic E-state index is 0.0668. The van der Waals surface area contributed by atoms with Crippen molar-refractivity contribution < 1.29 is 47.5 Å². The molecule has 2 aromatic rings. The van der Waals surface area contributed by atoms with Crippen molar-refractivity contribution >= 4 is 79.4 Å². The number of anilines is 1. The number of hydrazone groups is 1. The Morgan fingerprint density at radius 2 is 1.67 bits per heavy atom. The summed E-state index contributed by atoms with van der Waals surface area (Å²) in [7, 11) is -3.70. The van der Waals surface area contributed by atoms with Gasteiger partial charge in [0, 0.05) is 36.6 Å². The van der Waals surface area contributed by atoms with Gasteiger partial charge in [0.05, 0.1) is 26.1 Å². The summed E-state index contributed by atoms with van der Waals surface area (Å²) in [6, 6.07) is 7.26. The molecule has 228 valence electrons. The van der Waals surface area contributed by atoms with Gasteiger partial charge in [0.15, 0.2) is 32.7 Å². The molecule has 1 atom stereocenters. The molecule has 14 nitrogen and oxygen atoms in total. The highest BCUT2D eigenvalue weighted by Gasteiger charge is 2.48. The first-order valence-corrected chi connectivity index (χ1v) is 14.9. The highest BCUT2D eigenvalue weighted by molar-refractivity contribution is 7.90. The second-order valence-corrected chi connectivity index (χ2v) is 12.7. The zero-order valence-electron chi connectivity index (χ0n) is 22.4. The Hall–Kier alpha value is -4.21. The molecular formula is C26H23Cl2N3O11S. The largest absolute Gasteiger partial charge is 0.479 e. The Morgan fingerprint density at radius 1 is 1.07 bits per heavy atom. The quantitative estimate of drug-likeness (QED) is 0.189. The molecule has 1 saturated carbocycles. The molecule has 1 aliphatic carbocycles. The Bertz CT molecular complexity index is 1690. The number of nitro benzene ring substituents is 1. The fraction of sp³-hybridized carbons (Fsp3) is 0.308. The van der Waals surface area contributed by atoms with Crippen LogP contribution in [0.4, 0.5) is 11.4 Å². The summed E-state index contributed by atoms with van der Waals surface area (Å²) in [4.78, 5) is 68.5. The van der Waals surface area contributed by atoms with Gasteiger partial charge in [0.1, 0.15) is 11.6 Å². The molecule has 1 aliphatic heterocycles. The predicted octanol–water partition coefficient (Wildman–Crippen LogP) is 3.61. The lowest BCUT2D eigenvalue weighted by Crippen LogP contribution is -2.47. The average Bonchev–Trinajstić information content (AvgIpc) is 3.27. The van der Waals surface area contributed by atoms with E-state index in [1.54, 1.807) is 0 Å². The number of hydrogen-bond donors (Lipinski definition) is 2. The van der Waals surface area contributed by atoms with Crippen molar-refractivity contribution in [2.45, 2.75) is 43.0 Å². The second kappa shape index (κ2) is 12.6. The van der Waals surface area contributed by atoms with Crippen LogP contribution in [-0.4, -0.2) is 70.3 Å². The SMILES string of the molecule is CC1(C(=O)O)CC(C(=O)O)=NN1c1ccc(Cl)cc1Cl.CS(=O)(=O)c1ccc(C(=O)C2C(=O)CCCC2=O)c([N+](=O)[O-])c1. The van der Waals surface area contributed by atoms with Crippen molar-refractivity contribution in [3.05, 3.63) is 62.1 Å². The van der Waals surface area contributed by atoms with Gasteiger partial charge in [-0.2, -0.15) is 5.10 Å². The highest BCUT2D eigenvalue weighted by Crippen LogP contribution is 2.38. The summed E-state index contributed by atoms with van der Waals surface area (Å²) in [6.45, 7) is 1.39. The van der Waals surface area contributed by atoms with Gasteiger partial charge >= 0.3 is 11.9 Å². The number of rotatable bonds is 7. The van der Waals surface area contributed by atoms with Crippen molar-refractivity contribution in [1.82, 2.24) is 0 Å². The maximum absolute atomic E-state index is 12.4. The van der Waals surface area contributed by atoms with Crippen molar-refractivity contribution in [3.63, 3.8) is 0 Å². The highest BCUT2D eigenvalue weighted by atomic mass is 35.5. The van der Waals surface area contributed by atoms with E-state index < -0.39 is 66.8 Å². The number of benzene rings is 2. The summed E-state index contributed by atoms with van der Waals surface area (Å²) in [6.07, 6.45) is 1.14. The predicted molar refractivity (Wildman–Crippen MR) is 153 cm³/mol. The van der Waals surface area contributed by atoms with Crippen LogP contribution in [0.15, 0.2) is 46.4 Å². The third-order valence-electron chi connectivity index (χ3n) is 6.66. The Labute approximate surface area is 253 Å². The van der Waals surface area contributed by atoms with Crippen molar-refractivity contribution in [3.8, 4) is 0 Å². The van der Waals surface area contributed by atoms with Crippen LogP contribution in [0.25, 0.3) is 0 Å². The number of aliphatic carboxylic acids is 2. The number of carbonyl (C=O) groups excluding carboxylic acids is 3. The Balaban J connectivity index is 0.000000238. The molecule has 0 aromatic heterocycles. The minimum Gasteiger partial charge on any atom is -0.479 e. The topological polar surface area (TPSA) is 219 Å². The minimum atomic E-state index is -3.70. The van der Waals surface area contributed by atoms with Crippen LogP contribution in [-0.2, 0) is 29.0 Å². The molecule has 1 heterocycles. The standard InChI is InChI=1S/C14H13NO7S.C12H10Cl2N2O4/c1-23(21,22)8-5-6-9(10(7-8)15(19)20)14(18)13-11(16)3-2-4-12(13)17;1-12(11(19)20)5-8(10(17)18)15-16(12)9-3-2-6(13)4-7(9)14/h5-7,13H,2-4H2,1H3;2-4H,5H2,1H3,(H,17,18)(H,19,20). The lowest BCUT2D eigenvalue weighted by Gasteiger charge is -2.30. The summed E-state index contributed by atoms with van der Waals surface area (Å²) in [5.74, 6) is -6.06. The van der Waals surface area contributed by atoms with Gasteiger partial charge in [-0.05, 0) is 43.7 Å². The zero-order valence-corrected chi connectivity index (χ0v) is 24.8. The molecule has 17 heteroatoms. The van der Waals surface area contributed by atoms with E-state index in [-0.39, 0.29) is 40.6 Å². The molecular weight excluding hydrogens is 633 g/mol. The Morgan fingerprint density at radius 3 is 2.16 bits per heavy atom. The van der Waals surface area contributed by atoms with E-state index in [0.717, 1.165) is 29.5 Å². The number of nitro groups is 1. The number of Topliss-reactive ketones (excluding diaryl/α,β-unsaturated/α-hetero) is 3. The summed E-state index contributed by atoms with van der Waals surface area (Å²) < 4.78 is 23.0. The van der Waals surface area contributed by atoms with E-state index in [2.05, 4.69) is 5.10 Å². The first-order valence-electron chi connectivity index (χ1n) is 12.3. The zero-order chi connectivity index (χ0) is 32.4. The number of hydrogen-bond acceptors (Lipinski definition) is 11. The molecule has 1 fully saturated rings. The van der Waals surface area contributed by atoms with Gasteiger partial charge < -0.3 is 10.2 Å². The van der Waals surface area contributed by atoms with E-state index in [9.17, 15) is 47.6 Å². The first-order chi connectivity index (χ1) is 19.9. The average molecular weight is 656 g/mol. The summed E-state index contributed by atoms with van der Waals surface area (Å²) >= 11 is 11.8. The van der Waals surface area contributed by atoms with Crippen LogP contribution in [0, 0.1) is 16.0 Å². The van der Waals surface area contributed by atoms with E-state index >= 15 is 0 Å². The molecule has 43 heavy (non-hydrogen) atoms. The molecule has 2 N–H and O–H groups in total. The molecule has 0 saturated heterocycles. The number of carboxylic acids is 2.